The van der Waals surface area contributed by atoms with Gasteiger partial charge in [0.25, 0.3) is 0 Å². The number of rotatable bonds is 5. The van der Waals surface area contributed by atoms with Crippen LogP contribution in [-0.4, -0.2) is 30.1 Å². The molecule has 152 valence electrons. The largest absolute Gasteiger partial charge is 0.508 e. The van der Waals surface area contributed by atoms with E-state index < -0.39 is 5.82 Å². The molecule has 2 aromatic heterocycles. The lowest BCUT2D eigenvalue weighted by Gasteiger charge is -2.16. The maximum atomic E-state index is 13.4. The molecule has 1 unspecified atom stereocenters. The number of nitrogens with one attached hydrogen (secondary N) is 2. The molecule has 4 aromatic rings. The standard InChI is InChI=1S/C20H16ClFN6O2/c1-10(13-4-3-12(29)7-17(13)30)26-20-23-8-16-18(28-20)19(25-9-24-16)27-11-2-5-15(22)14(21)6-11/h2-10,29-30H,1H3,(H,23,26,28)(H,24,25,27). The Balaban J connectivity index is 1.64. The summed E-state index contributed by atoms with van der Waals surface area (Å²) in [5.41, 5.74) is 2.06. The van der Waals surface area contributed by atoms with Crippen LogP contribution in [-0.2, 0) is 0 Å². The van der Waals surface area contributed by atoms with Crippen molar-refractivity contribution < 1.29 is 14.6 Å². The van der Waals surface area contributed by atoms with Gasteiger partial charge in [0.05, 0.1) is 17.3 Å². The van der Waals surface area contributed by atoms with Crippen molar-refractivity contribution in [3.05, 3.63) is 65.3 Å². The van der Waals surface area contributed by atoms with Gasteiger partial charge < -0.3 is 20.8 Å². The van der Waals surface area contributed by atoms with Gasteiger partial charge >= 0.3 is 0 Å². The molecule has 0 radical (unpaired) electrons. The number of phenolic OH excluding ortho intramolecular Hbond substituents is 2. The molecule has 1 atom stereocenters. The SMILES string of the molecule is CC(Nc1ncc2ncnc(Nc3ccc(F)c(Cl)c3)c2n1)c1ccc(O)cc1O. The number of hydrogen-bond donors (Lipinski definition) is 4. The van der Waals surface area contributed by atoms with E-state index in [0.717, 1.165) is 0 Å². The van der Waals surface area contributed by atoms with Crippen molar-refractivity contribution in [2.75, 3.05) is 10.6 Å². The molecule has 0 aliphatic carbocycles. The van der Waals surface area contributed by atoms with Gasteiger partial charge in [-0.05, 0) is 37.3 Å². The first-order valence-electron chi connectivity index (χ1n) is 8.89. The number of aromatic hydroxyl groups is 2. The monoisotopic (exact) mass is 426 g/mol. The first-order chi connectivity index (χ1) is 14.4. The van der Waals surface area contributed by atoms with Crippen molar-refractivity contribution in [3.8, 4) is 11.5 Å². The lowest BCUT2D eigenvalue weighted by atomic mass is 10.1. The number of nitrogens with zero attached hydrogens (tertiary/aromatic N) is 4. The van der Waals surface area contributed by atoms with E-state index in [1.165, 1.54) is 36.7 Å². The van der Waals surface area contributed by atoms with Crippen LogP contribution in [0.5, 0.6) is 11.5 Å². The molecular formula is C20H16ClFN6O2. The van der Waals surface area contributed by atoms with Crippen molar-refractivity contribution in [1.82, 2.24) is 19.9 Å². The highest BCUT2D eigenvalue weighted by molar-refractivity contribution is 6.31. The molecule has 4 N–H and O–H groups in total. The summed E-state index contributed by atoms with van der Waals surface area (Å²) >= 11 is 5.84. The molecule has 2 aromatic carbocycles. The fourth-order valence-corrected chi connectivity index (χ4v) is 3.08. The van der Waals surface area contributed by atoms with Crippen LogP contribution in [0.3, 0.4) is 0 Å². The lowest BCUT2D eigenvalue weighted by Crippen LogP contribution is -2.10. The number of hydrogen-bond acceptors (Lipinski definition) is 8. The van der Waals surface area contributed by atoms with E-state index in [4.69, 9.17) is 11.6 Å². The quantitative estimate of drug-likeness (QED) is 0.367. The molecule has 2 heterocycles. The summed E-state index contributed by atoms with van der Waals surface area (Å²) in [6.07, 6.45) is 2.90. The Labute approximate surface area is 175 Å². The summed E-state index contributed by atoms with van der Waals surface area (Å²) in [6, 6.07) is 8.24. The average Bonchev–Trinajstić information content (AvgIpc) is 2.71. The molecule has 0 saturated heterocycles. The van der Waals surface area contributed by atoms with E-state index in [9.17, 15) is 14.6 Å². The van der Waals surface area contributed by atoms with Gasteiger partial charge in [0.15, 0.2) is 5.82 Å². The van der Waals surface area contributed by atoms with Crippen molar-refractivity contribution in [1.29, 1.82) is 0 Å². The summed E-state index contributed by atoms with van der Waals surface area (Å²) in [5, 5.41) is 25.6. The predicted molar refractivity (Wildman–Crippen MR) is 112 cm³/mol. The van der Waals surface area contributed by atoms with Crippen molar-refractivity contribution in [2.45, 2.75) is 13.0 Å². The fraction of sp³-hybridized carbons (Fsp3) is 0.100. The summed E-state index contributed by atoms with van der Waals surface area (Å²) in [5.74, 6) is 0.0922. The first kappa shape index (κ1) is 19.6. The second-order valence-electron chi connectivity index (χ2n) is 6.51. The Bertz CT molecular complexity index is 1240. The van der Waals surface area contributed by atoms with E-state index in [-0.39, 0.29) is 28.5 Å². The minimum absolute atomic E-state index is 0.0159. The smallest absolute Gasteiger partial charge is 0.223 e. The van der Waals surface area contributed by atoms with E-state index >= 15 is 0 Å². The fourth-order valence-electron chi connectivity index (χ4n) is 2.90. The normalized spacial score (nSPS) is 12.0. The van der Waals surface area contributed by atoms with Gasteiger partial charge in [0.1, 0.15) is 34.7 Å². The molecule has 4 rings (SSSR count). The third-order valence-electron chi connectivity index (χ3n) is 4.39. The molecular weight excluding hydrogens is 411 g/mol. The zero-order valence-corrected chi connectivity index (χ0v) is 16.4. The zero-order chi connectivity index (χ0) is 21.3. The Kier molecular flexibility index (Phi) is 5.20. The molecule has 8 nitrogen and oxygen atoms in total. The molecule has 0 amide bonds. The zero-order valence-electron chi connectivity index (χ0n) is 15.6. The summed E-state index contributed by atoms with van der Waals surface area (Å²) in [7, 11) is 0. The van der Waals surface area contributed by atoms with Crippen LogP contribution < -0.4 is 10.6 Å². The molecule has 0 saturated carbocycles. The van der Waals surface area contributed by atoms with Crippen LogP contribution in [0.4, 0.5) is 21.8 Å². The predicted octanol–water partition coefficient (Wildman–Crippen LogP) is 4.54. The molecule has 0 aliphatic rings. The Hall–Kier alpha value is -3.72. The van der Waals surface area contributed by atoms with E-state index in [1.54, 1.807) is 12.3 Å². The first-order valence-corrected chi connectivity index (χ1v) is 9.27. The number of benzene rings is 2. The van der Waals surface area contributed by atoms with Crippen LogP contribution >= 0.6 is 11.6 Å². The molecule has 30 heavy (non-hydrogen) atoms. The summed E-state index contributed by atoms with van der Waals surface area (Å²) in [4.78, 5) is 17.1. The number of fused-ring (bicyclic) bond motifs is 1. The minimum Gasteiger partial charge on any atom is -0.508 e. The topological polar surface area (TPSA) is 116 Å². The van der Waals surface area contributed by atoms with Crippen molar-refractivity contribution >= 4 is 40.1 Å². The van der Waals surface area contributed by atoms with E-state index in [0.29, 0.717) is 28.1 Å². The van der Waals surface area contributed by atoms with Crippen LogP contribution in [0, 0.1) is 5.82 Å². The minimum atomic E-state index is -0.518. The van der Waals surface area contributed by atoms with Gasteiger partial charge in [-0.25, -0.2) is 24.3 Å². The summed E-state index contributed by atoms with van der Waals surface area (Å²) < 4.78 is 13.4. The van der Waals surface area contributed by atoms with Crippen LogP contribution in [0.15, 0.2) is 48.9 Å². The average molecular weight is 427 g/mol. The number of phenols is 2. The van der Waals surface area contributed by atoms with Crippen LogP contribution in [0.25, 0.3) is 11.0 Å². The Morgan fingerprint density at radius 1 is 1.07 bits per heavy atom. The number of aromatic nitrogens is 4. The Morgan fingerprint density at radius 3 is 2.67 bits per heavy atom. The third-order valence-corrected chi connectivity index (χ3v) is 4.68. The lowest BCUT2D eigenvalue weighted by molar-refractivity contribution is 0.444. The van der Waals surface area contributed by atoms with Gasteiger partial charge in [-0.3, -0.25) is 0 Å². The highest BCUT2D eigenvalue weighted by atomic mass is 35.5. The molecule has 0 fully saturated rings. The van der Waals surface area contributed by atoms with Gasteiger partial charge in [-0.1, -0.05) is 11.6 Å². The second kappa shape index (κ2) is 7.96. The van der Waals surface area contributed by atoms with E-state index in [2.05, 4.69) is 30.6 Å². The highest BCUT2D eigenvalue weighted by Gasteiger charge is 2.14. The van der Waals surface area contributed by atoms with Gasteiger partial charge in [-0.15, -0.1) is 0 Å². The molecule has 10 heteroatoms. The number of anilines is 3. The molecule has 0 aliphatic heterocycles. The van der Waals surface area contributed by atoms with Crippen molar-refractivity contribution in [2.24, 2.45) is 0 Å². The molecule has 0 bridgehead atoms. The van der Waals surface area contributed by atoms with Gasteiger partial charge in [-0.2, -0.15) is 0 Å². The van der Waals surface area contributed by atoms with E-state index in [1.807, 2.05) is 6.92 Å². The van der Waals surface area contributed by atoms with Crippen LogP contribution in [0.1, 0.15) is 18.5 Å². The highest BCUT2D eigenvalue weighted by Crippen LogP contribution is 2.30. The Morgan fingerprint density at radius 2 is 1.90 bits per heavy atom. The van der Waals surface area contributed by atoms with Crippen molar-refractivity contribution in [3.63, 3.8) is 0 Å². The maximum Gasteiger partial charge on any atom is 0.223 e. The summed E-state index contributed by atoms with van der Waals surface area (Å²) in [6.45, 7) is 1.82. The third kappa shape index (κ3) is 4.01. The second-order valence-corrected chi connectivity index (χ2v) is 6.92. The molecule has 0 spiro atoms. The number of halogens is 2. The van der Waals surface area contributed by atoms with Gasteiger partial charge in [0.2, 0.25) is 5.95 Å². The maximum absolute atomic E-state index is 13.4. The van der Waals surface area contributed by atoms with Gasteiger partial charge in [0, 0.05) is 17.3 Å². The van der Waals surface area contributed by atoms with Crippen LogP contribution in [0.2, 0.25) is 5.02 Å².